The van der Waals surface area contributed by atoms with Crippen LogP contribution in [0.2, 0.25) is 5.02 Å². The van der Waals surface area contributed by atoms with Crippen molar-refractivity contribution < 1.29 is 19.3 Å². The van der Waals surface area contributed by atoms with Gasteiger partial charge in [-0.2, -0.15) is 0 Å². The zero-order chi connectivity index (χ0) is 21.1. The van der Waals surface area contributed by atoms with Gasteiger partial charge in [-0.3, -0.25) is 29.4 Å². The van der Waals surface area contributed by atoms with Crippen molar-refractivity contribution in [2.24, 2.45) is 0 Å². The summed E-state index contributed by atoms with van der Waals surface area (Å²) in [4.78, 5) is 48.2. The summed E-state index contributed by atoms with van der Waals surface area (Å²) in [5, 5.41) is 13.2. The van der Waals surface area contributed by atoms with Crippen LogP contribution in [0.5, 0.6) is 0 Å². The number of carbonyl (C=O) groups is 3. The first-order valence-corrected chi connectivity index (χ1v) is 9.50. The van der Waals surface area contributed by atoms with Gasteiger partial charge in [0.05, 0.1) is 9.83 Å². The van der Waals surface area contributed by atoms with Crippen LogP contribution in [0.15, 0.2) is 47.4 Å². The van der Waals surface area contributed by atoms with Crippen LogP contribution in [-0.2, 0) is 9.59 Å². The Hall–Kier alpha value is -3.17. The molecule has 0 bridgehead atoms. The molecule has 0 aliphatic carbocycles. The van der Waals surface area contributed by atoms with Crippen molar-refractivity contribution in [2.45, 2.75) is 6.92 Å². The van der Waals surface area contributed by atoms with Gasteiger partial charge in [-0.05, 0) is 42.5 Å². The van der Waals surface area contributed by atoms with Crippen molar-refractivity contribution in [1.82, 2.24) is 4.90 Å². The molecule has 0 unspecified atom stereocenters. The van der Waals surface area contributed by atoms with E-state index >= 15 is 0 Å². The van der Waals surface area contributed by atoms with Gasteiger partial charge in [0.15, 0.2) is 0 Å². The Morgan fingerprint density at radius 1 is 1.28 bits per heavy atom. The van der Waals surface area contributed by atoms with Gasteiger partial charge in [0.1, 0.15) is 6.54 Å². The van der Waals surface area contributed by atoms with Gasteiger partial charge in [-0.1, -0.05) is 29.8 Å². The average molecular weight is 432 g/mol. The van der Waals surface area contributed by atoms with Crippen LogP contribution in [0.1, 0.15) is 11.1 Å². The van der Waals surface area contributed by atoms with E-state index in [1.807, 2.05) is 19.1 Å². The Bertz CT molecular complexity index is 1070. The Balaban J connectivity index is 1.77. The number of imide groups is 1. The van der Waals surface area contributed by atoms with Gasteiger partial charge in [-0.15, -0.1) is 0 Å². The van der Waals surface area contributed by atoms with E-state index in [2.05, 4.69) is 5.32 Å². The number of nitro benzene ring substituents is 1. The predicted octanol–water partition coefficient (Wildman–Crippen LogP) is 4.23. The molecule has 10 heteroatoms. The number of amides is 3. The van der Waals surface area contributed by atoms with Crippen LogP contribution in [0, 0.1) is 17.0 Å². The molecule has 0 spiro atoms. The van der Waals surface area contributed by atoms with Crippen LogP contribution in [0.25, 0.3) is 6.08 Å². The highest BCUT2D eigenvalue weighted by Gasteiger charge is 2.36. The van der Waals surface area contributed by atoms with E-state index in [1.165, 1.54) is 24.3 Å². The summed E-state index contributed by atoms with van der Waals surface area (Å²) >= 11 is 6.68. The Labute approximate surface area is 174 Å². The van der Waals surface area contributed by atoms with Crippen molar-refractivity contribution in [1.29, 1.82) is 0 Å². The molecule has 1 aliphatic heterocycles. The quantitative estimate of drug-likeness (QED) is 0.431. The molecule has 0 aromatic heterocycles. The van der Waals surface area contributed by atoms with Gasteiger partial charge in [0.25, 0.3) is 16.8 Å². The monoisotopic (exact) mass is 431 g/mol. The largest absolute Gasteiger partial charge is 0.324 e. The lowest BCUT2D eigenvalue weighted by molar-refractivity contribution is -0.384. The third kappa shape index (κ3) is 4.64. The molecule has 8 nitrogen and oxygen atoms in total. The maximum Gasteiger partial charge on any atom is 0.294 e. The first kappa shape index (κ1) is 20.6. The minimum absolute atomic E-state index is 0.0288. The second kappa shape index (κ2) is 8.46. The number of non-ortho nitro benzene ring substituents is 1. The molecular weight excluding hydrogens is 418 g/mol. The number of thioether (sulfide) groups is 1. The molecular formula is C19H14ClN3O5S. The van der Waals surface area contributed by atoms with E-state index in [0.29, 0.717) is 17.4 Å². The maximum absolute atomic E-state index is 12.6. The number of benzene rings is 2. The van der Waals surface area contributed by atoms with E-state index in [4.69, 9.17) is 11.6 Å². The van der Waals surface area contributed by atoms with Crippen molar-refractivity contribution in [2.75, 3.05) is 11.9 Å². The van der Waals surface area contributed by atoms with Crippen molar-refractivity contribution >= 4 is 57.9 Å². The van der Waals surface area contributed by atoms with E-state index < -0.39 is 28.5 Å². The zero-order valence-electron chi connectivity index (χ0n) is 15.0. The zero-order valence-corrected chi connectivity index (χ0v) is 16.6. The molecule has 1 heterocycles. The highest BCUT2D eigenvalue weighted by Crippen LogP contribution is 2.34. The van der Waals surface area contributed by atoms with Gasteiger partial charge < -0.3 is 5.32 Å². The minimum atomic E-state index is -0.664. The summed E-state index contributed by atoms with van der Waals surface area (Å²) in [6.45, 7) is 1.38. The lowest BCUT2D eigenvalue weighted by Crippen LogP contribution is -2.36. The number of carbonyl (C=O) groups excluding carboxylic acids is 3. The summed E-state index contributed by atoms with van der Waals surface area (Å²) in [5.41, 5.74) is 1.46. The predicted molar refractivity (Wildman–Crippen MR) is 111 cm³/mol. The van der Waals surface area contributed by atoms with E-state index in [-0.39, 0.29) is 21.2 Å². The number of rotatable bonds is 5. The number of hydrogen-bond acceptors (Lipinski definition) is 6. The molecule has 0 radical (unpaired) electrons. The molecule has 1 fully saturated rings. The van der Waals surface area contributed by atoms with E-state index in [9.17, 15) is 24.5 Å². The summed E-state index contributed by atoms with van der Waals surface area (Å²) in [6.07, 6.45) is 1.31. The SMILES string of the molecule is Cc1ccccc1NC(=O)CN1C(=O)S/C(=C\c2cc([N+](=O)[O-])ccc2Cl)C1=O. The fourth-order valence-electron chi connectivity index (χ4n) is 2.58. The molecule has 3 rings (SSSR count). The lowest BCUT2D eigenvalue weighted by atomic mass is 10.2. The van der Waals surface area contributed by atoms with Crippen molar-refractivity contribution in [3.63, 3.8) is 0 Å². The topological polar surface area (TPSA) is 110 Å². The number of aryl methyl sites for hydroxylation is 1. The minimum Gasteiger partial charge on any atom is -0.324 e. The Kier molecular flexibility index (Phi) is 6.00. The summed E-state index contributed by atoms with van der Waals surface area (Å²) < 4.78 is 0. The Morgan fingerprint density at radius 2 is 2.00 bits per heavy atom. The summed E-state index contributed by atoms with van der Waals surface area (Å²) in [7, 11) is 0. The van der Waals surface area contributed by atoms with Crippen molar-refractivity contribution in [3.8, 4) is 0 Å². The third-order valence-corrected chi connectivity index (χ3v) is 5.32. The molecule has 0 saturated carbocycles. The van der Waals surface area contributed by atoms with Gasteiger partial charge in [0.2, 0.25) is 5.91 Å². The maximum atomic E-state index is 12.6. The lowest BCUT2D eigenvalue weighted by Gasteiger charge is -2.13. The van der Waals surface area contributed by atoms with Crippen molar-refractivity contribution in [3.05, 3.63) is 73.6 Å². The fourth-order valence-corrected chi connectivity index (χ4v) is 3.58. The van der Waals surface area contributed by atoms with E-state index in [0.717, 1.165) is 10.5 Å². The normalized spacial score (nSPS) is 15.1. The third-order valence-electron chi connectivity index (χ3n) is 4.07. The smallest absolute Gasteiger partial charge is 0.294 e. The molecule has 0 atom stereocenters. The van der Waals surface area contributed by atoms with Crippen LogP contribution in [0.3, 0.4) is 0 Å². The first-order valence-electron chi connectivity index (χ1n) is 8.31. The number of halogens is 1. The van der Waals surface area contributed by atoms with Crippen LogP contribution < -0.4 is 5.32 Å². The number of para-hydroxylation sites is 1. The highest BCUT2D eigenvalue weighted by molar-refractivity contribution is 8.18. The summed E-state index contributed by atoms with van der Waals surface area (Å²) in [5.74, 6) is -1.18. The molecule has 1 aliphatic rings. The molecule has 1 saturated heterocycles. The molecule has 29 heavy (non-hydrogen) atoms. The number of anilines is 1. The average Bonchev–Trinajstić information content (AvgIpc) is 2.92. The second-order valence-corrected chi connectivity index (χ2v) is 7.49. The standard InChI is InChI=1S/C19H14ClN3O5S/c1-11-4-2-3-5-15(11)21-17(24)10-22-18(25)16(29-19(22)26)9-12-8-13(23(27)28)6-7-14(12)20/h2-9H,10H2,1H3,(H,21,24)/b16-9-. The number of hydrogen-bond donors (Lipinski definition) is 1. The van der Waals surface area contributed by atoms with Crippen LogP contribution in [0.4, 0.5) is 16.2 Å². The number of nitro groups is 1. The number of nitrogens with zero attached hydrogens (tertiary/aromatic N) is 2. The molecule has 1 N–H and O–H groups in total. The molecule has 2 aromatic rings. The molecule has 2 aromatic carbocycles. The van der Waals surface area contributed by atoms with Gasteiger partial charge in [-0.25, -0.2) is 0 Å². The van der Waals surface area contributed by atoms with Gasteiger partial charge in [0, 0.05) is 28.4 Å². The first-order chi connectivity index (χ1) is 13.8. The number of nitrogens with one attached hydrogen (secondary N) is 1. The van der Waals surface area contributed by atoms with Gasteiger partial charge >= 0.3 is 0 Å². The Morgan fingerprint density at radius 3 is 2.69 bits per heavy atom. The van der Waals surface area contributed by atoms with Crippen LogP contribution in [-0.4, -0.2) is 33.4 Å². The highest BCUT2D eigenvalue weighted by atomic mass is 35.5. The molecule has 148 valence electrons. The fraction of sp³-hybridized carbons (Fsp3) is 0.105. The second-order valence-electron chi connectivity index (χ2n) is 6.09. The molecule has 3 amide bonds. The van der Waals surface area contributed by atoms with Crippen LogP contribution >= 0.6 is 23.4 Å². The summed E-state index contributed by atoms with van der Waals surface area (Å²) in [6, 6.07) is 10.9. The van der Waals surface area contributed by atoms with E-state index in [1.54, 1.807) is 12.1 Å².